The summed E-state index contributed by atoms with van der Waals surface area (Å²) in [5.41, 5.74) is 0.0956. The SMILES string of the molecule is O=C(c1ccccc1)c1cccc(F)c1F.O=P(c1ccccc1)(c1ccc(F)cc1)c1ccc(F)cc1. The topological polar surface area (TPSA) is 34.1 Å². The van der Waals surface area contributed by atoms with Crippen molar-refractivity contribution in [3.05, 3.63) is 162 Å². The second kappa shape index (κ2) is 11.8. The minimum absolute atomic E-state index is 0.244. The van der Waals surface area contributed by atoms with E-state index in [0.717, 1.165) is 6.07 Å². The van der Waals surface area contributed by atoms with Gasteiger partial charge in [-0.05, 0) is 60.7 Å². The molecule has 0 bridgehead atoms. The Morgan fingerprint density at radius 3 is 1.45 bits per heavy atom. The summed E-state index contributed by atoms with van der Waals surface area (Å²) in [7, 11) is -3.15. The van der Waals surface area contributed by atoms with Gasteiger partial charge in [-0.15, -0.1) is 0 Å². The van der Waals surface area contributed by atoms with Gasteiger partial charge >= 0.3 is 0 Å². The van der Waals surface area contributed by atoms with E-state index >= 15 is 0 Å². The maximum atomic E-state index is 13.8. The van der Waals surface area contributed by atoms with Gasteiger partial charge in [0.15, 0.2) is 24.6 Å². The second-order valence-corrected chi connectivity index (χ2v) is 11.0. The van der Waals surface area contributed by atoms with Gasteiger partial charge in [0.2, 0.25) is 0 Å². The van der Waals surface area contributed by atoms with Crippen molar-refractivity contribution in [2.75, 3.05) is 0 Å². The molecule has 0 radical (unpaired) electrons. The molecule has 0 aromatic heterocycles. The van der Waals surface area contributed by atoms with Gasteiger partial charge in [-0.1, -0.05) is 66.7 Å². The number of hydrogen-bond donors (Lipinski definition) is 0. The first kappa shape index (κ1) is 26.8. The monoisotopic (exact) mass is 532 g/mol. The van der Waals surface area contributed by atoms with Crippen molar-refractivity contribution in [2.24, 2.45) is 0 Å². The molecule has 0 saturated carbocycles. The second-order valence-electron chi connectivity index (χ2n) is 8.19. The Bertz CT molecular complexity index is 1520. The standard InChI is InChI=1S/C18H13F2OP.C13H8F2O/c19-14-6-10-17(11-7-14)22(21,16-4-2-1-3-5-16)18-12-8-15(20)9-13-18;14-11-8-4-7-10(12(11)15)13(16)9-5-2-1-3-6-9/h1-13H;1-8H. The Labute approximate surface area is 217 Å². The zero-order chi connectivity index (χ0) is 27.1. The number of benzene rings is 5. The third kappa shape index (κ3) is 5.82. The van der Waals surface area contributed by atoms with E-state index in [-0.39, 0.29) is 17.2 Å². The summed E-state index contributed by atoms with van der Waals surface area (Å²) in [6.07, 6.45) is 0. The average Bonchev–Trinajstić information content (AvgIpc) is 2.96. The van der Waals surface area contributed by atoms with Crippen LogP contribution in [-0.2, 0) is 4.57 Å². The van der Waals surface area contributed by atoms with Crippen LogP contribution in [0.2, 0.25) is 0 Å². The molecule has 2 nitrogen and oxygen atoms in total. The van der Waals surface area contributed by atoms with Gasteiger partial charge in [0, 0.05) is 21.5 Å². The fraction of sp³-hybridized carbons (Fsp3) is 0. The maximum absolute atomic E-state index is 13.8. The number of halogens is 4. The highest BCUT2D eigenvalue weighted by Gasteiger charge is 2.29. The van der Waals surface area contributed by atoms with E-state index in [0.29, 0.717) is 21.5 Å². The fourth-order valence-corrected chi connectivity index (χ4v) is 6.44. The highest BCUT2D eigenvalue weighted by atomic mass is 31.2. The average molecular weight is 532 g/mol. The molecule has 5 rings (SSSR count). The normalized spacial score (nSPS) is 10.8. The van der Waals surface area contributed by atoms with Gasteiger partial charge in [-0.2, -0.15) is 0 Å². The van der Waals surface area contributed by atoms with Crippen LogP contribution in [0.1, 0.15) is 15.9 Å². The number of ketones is 1. The quantitative estimate of drug-likeness (QED) is 0.142. The summed E-state index contributed by atoms with van der Waals surface area (Å²) in [4.78, 5) is 11.8. The van der Waals surface area contributed by atoms with Crippen molar-refractivity contribution < 1.29 is 26.9 Å². The van der Waals surface area contributed by atoms with Crippen LogP contribution in [0, 0.1) is 23.3 Å². The van der Waals surface area contributed by atoms with E-state index < -0.39 is 24.6 Å². The summed E-state index contributed by atoms with van der Waals surface area (Å²) in [6.45, 7) is 0. The van der Waals surface area contributed by atoms with E-state index in [1.165, 1.54) is 60.7 Å². The Balaban J connectivity index is 0.000000186. The third-order valence-electron chi connectivity index (χ3n) is 5.73. The van der Waals surface area contributed by atoms with Crippen molar-refractivity contribution in [1.82, 2.24) is 0 Å². The number of hydrogen-bond acceptors (Lipinski definition) is 2. The van der Waals surface area contributed by atoms with Crippen LogP contribution in [0.25, 0.3) is 0 Å². The molecular weight excluding hydrogens is 511 g/mol. The van der Waals surface area contributed by atoms with E-state index in [1.54, 1.807) is 54.6 Å². The van der Waals surface area contributed by atoms with Crippen LogP contribution >= 0.6 is 7.14 Å². The van der Waals surface area contributed by atoms with Crippen molar-refractivity contribution in [2.45, 2.75) is 0 Å². The van der Waals surface area contributed by atoms with E-state index in [9.17, 15) is 26.9 Å². The van der Waals surface area contributed by atoms with E-state index in [1.807, 2.05) is 6.07 Å². The van der Waals surface area contributed by atoms with Gasteiger partial charge < -0.3 is 4.57 Å². The molecule has 0 fully saturated rings. The van der Waals surface area contributed by atoms with Gasteiger partial charge in [0.1, 0.15) is 11.6 Å². The summed E-state index contributed by atoms with van der Waals surface area (Å²) >= 11 is 0. The van der Waals surface area contributed by atoms with E-state index in [4.69, 9.17) is 0 Å². The van der Waals surface area contributed by atoms with Crippen molar-refractivity contribution >= 4 is 28.8 Å². The maximum Gasteiger partial charge on any atom is 0.196 e. The van der Waals surface area contributed by atoms with Crippen molar-refractivity contribution in [3.63, 3.8) is 0 Å². The lowest BCUT2D eigenvalue weighted by molar-refractivity contribution is 0.103. The van der Waals surface area contributed by atoms with Crippen LogP contribution in [0.15, 0.2) is 127 Å². The summed E-state index contributed by atoms with van der Waals surface area (Å²) in [5.74, 6) is -3.40. The van der Waals surface area contributed by atoms with E-state index in [2.05, 4.69) is 0 Å². The number of rotatable bonds is 5. The first-order valence-electron chi connectivity index (χ1n) is 11.5. The lowest BCUT2D eigenvalue weighted by Gasteiger charge is -2.19. The molecule has 5 aromatic rings. The largest absolute Gasteiger partial charge is 0.309 e. The molecule has 0 aliphatic rings. The van der Waals surface area contributed by atoms with Gasteiger partial charge in [-0.3, -0.25) is 4.79 Å². The minimum atomic E-state index is -3.15. The van der Waals surface area contributed by atoms with Gasteiger partial charge in [0.05, 0.1) is 5.56 Å². The summed E-state index contributed by atoms with van der Waals surface area (Å²) in [6, 6.07) is 32.0. The minimum Gasteiger partial charge on any atom is -0.309 e. The lowest BCUT2D eigenvalue weighted by atomic mass is 10.0. The molecule has 0 saturated heterocycles. The highest BCUT2D eigenvalue weighted by Crippen LogP contribution is 2.42. The number of carbonyl (C=O) groups is 1. The smallest absolute Gasteiger partial charge is 0.196 e. The lowest BCUT2D eigenvalue weighted by Crippen LogP contribution is -2.25. The Kier molecular flexibility index (Phi) is 8.35. The van der Waals surface area contributed by atoms with Crippen LogP contribution < -0.4 is 15.9 Å². The molecular formula is C31H21F4O2P. The van der Waals surface area contributed by atoms with Crippen LogP contribution in [0.5, 0.6) is 0 Å². The highest BCUT2D eigenvalue weighted by molar-refractivity contribution is 7.85. The predicted molar refractivity (Wildman–Crippen MR) is 142 cm³/mol. The first-order valence-corrected chi connectivity index (χ1v) is 13.2. The molecule has 0 aliphatic heterocycles. The molecule has 7 heteroatoms. The Hall–Kier alpha value is -4.28. The van der Waals surface area contributed by atoms with Gasteiger partial charge in [-0.25, -0.2) is 17.6 Å². The first-order chi connectivity index (χ1) is 18.3. The summed E-state index contributed by atoms with van der Waals surface area (Å²) < 4.78 is 66.5. The molecule has 0 N–H and O–H groups in total. The van der Waals surface area contributed by atoms with Crippen molar-refractivity contribution in [1.29, 1.82) is 0 Å². The molecule has 0 spiro atoms. The molecule has 0 atom stereocenters. The van der Waals surface area contributed by atoms with Gasteiger partial charge in [0.25, 0.3) is 0 Å². The molecule has 0 unspecified atom stereocenters. The molecule has 0 heterocycles. The third-order valence-corrected chi connectivity index (χ3v) is 8.81. The fourth-order valence-electron chi connectivity index (χ4n) is 3.81. The van der Waals surface area contributed by atoms with Crippen LogP contribution in [0.4, 0.5) is 17.6 Å². The predicted octanol–water partition coefficient (Wildman–Crippen LogP) is 6.80. The molecule has 0 amide bonds. The van der Waals surface area contributed by atoms with Crippen LogP contribution in [0.3, 0.4) is 0 Å². The zero-order valence-corrected chi connectivity index (χ0v) is 20.8. The Morgan fingerprint density at radius 2 is 0.947 bits per heavy atom. The number of carbonyl (C=O) groups excluding carboxylic acids is 1. The molecule has 190 valence electrons. The molecule has 38 heavy (non-hydrogen) atoms. The zero-order valence-electron chi connectivity index (χ0n) is 19.9. The van der Waals surface area contributed by atoms with Crippen LogP contribution in [-0.4, -0.2) is 5.78 Å². The summed E-state index contributed by atoms with van der Waals surface area (Å²) in [5, 5.41) is 1.67. The molecule has 0 aliphatic carbocycles. The molecule has 5 aromatic carbocycles. The van der Waals surface area contributed by atoms with Crippen molar-refractivity contribution in [3.8, 4) is 0 Å². The Morgan fingerprint density at radius 1 is 0.500 bits per heavy atom.